The molecule has 110 valence electrons. The maximum atomic E-state index is 12.3. The average molecular weight is 298 g/mol. The first kappa shape index (κ1) is 14.8. The second-order valence-corrected chi connectivity index (χ2v) is 4.03. The van der Waals surface area contributed by atoms with Crippen molar-refractivity contribution in [3.8, 4) is 11.6 Å². The van der Waals surface area contributed by atoms with E-state index < -0.39 is 17.8 Å². The van der Waals surface area contributed by atoms with Gasteiger partial charge in [-0.15, -0.1) is 10.2 Å². The summed E-state index contributed by atoms with van der Waals surface area (Å²) in [5, 5.41) is 15.1. The summed E-state index contributed by atoms with van der Waals surface area (Å²) in [7, 11) is 0. The third kappa shape index (κ3) is 3.91. The lowest BCUT2D eigenvalue weighted by molar-refractivity contribution is -0.142. The van der Waals surface area contributed by atoms with Crippen LogP contribution in [0.25, 0.3) is 0 Å². The van der Waals surface area contributed by atoms with Crippen LogP contribution in [0, 0.1) is 0 Å². The van der Waals surface area contributed by atoms with Crippen molar-refractivity contribution in [2.24, 2.45) is 0 Å². The highest BCUT2D eigenvalue weighted by atomic mass is 19.4. The van der Waals surface area contributed by atoms with Gasteiger partial charge in [0.05, 0.1) is 6.42 Å². The first-order chi connectivity index (χ1) is 9.86. The van der Waals surface area contributed by atoms with Gasteiger partial charge in [-0.25, -0.2) is 0 Å². The van der Waals surface area contributed by atoms with Gasteiger partial charge in [0.15, 0.2) is 5.69 Å². The molecule has 2 aromatic rings. The van der Waals surface area contributed by atoms with E-state index in [9.17, 15) is 18.0 Å². The predicted molar refractivity (Wildman–Crippen MR) is 64.9 cm³/mol. The summed E-state index contributed by atoms with van der Waals surface area (Å²) in [6, 6.07) is 8.04. The predicted octanol–water partition coefficient (Wildman–Crippen LogP) is 2.91. The maximum Gasteiger partial charge on any atom is 0.435 e. The van der Waals surface area contributed by atoms with Crippen LogP contribution in [0.4, 0.5) is 13.2 Å². The number of para-hydroxylation sites is 1. The zero-order chi connectivity index (χ0) is 15.5. The van der Waals surface area contributed by atoms with Gasteiger partial charge in [-0.1, -0.05) is 18.2 Å². The van der Waals surface area contributed by atoms with Gasteiger partial charge >= 0.3 is 12.1 Å². The zero-order valence-corrected chi connectivity index (χ0v) is 10.5. The molecule has 0 aliphatic carbocycles. The largest absolute Gasteiger partial charge is 0.481 e. The molecule has 8 heteroatoms. The van der Waals surface area contributed by atoms with Crippen LogP contribution in [0.5, 0.6) is 11.6 Å². The van der Waals surface area contributed by atoms with E-state index in [1.165, 1.54) is 6.07 Å². The summed E-state index contributed by atoms with van der Waals surface area (Å²) in [5.74, 6) is -1.00. The third-order valence-corrected chi connectivity index (χ3v) is 2.46. The standard InChI is InChI=1S/C13H9F3N2O3/c14-13(15,16)10-5-6-11(18-17-10)21-9-4-2-1-3-8(9)7-12(19)20/h1-6H,7H2,(H,19,20). The Bertz CT molecular complexity index is 642. The summed E-state index contributed by atoms with van der Waals surface area (Å²) < 4.78 is 42.3. The summed E-state index contributed by atoms with van der Waals surface area (Å²) in [4.78, 5) is 10.7. The first-order valence-electron chi connectivity index (χ1n) is 5.75. The Hall–Kier alpha value is -2.64. The van der Waals surface area contributed by atoms with Crippen molar-refractivity contribution >= 4 is 5.97 Å². The molecule has 0 amide bonds. The molecule has 0 unspecified atom stereocenters. The number of carbonyl (C=O) groups is 1. The van der Waals surface area contributed by atoms with E-state index in [0.29, 0.717) is 5.56 Å². The molecular formula is C13H9F3N2O3. The minimum atomic E-state index is -4.58. The van der Waals surface area contributed by atoms with Crippen molar-refractivity contribution in [2.45, 2.75) is 12.6 Å². The van der Waals surface area contributed by atoms with Gasteiger partial charge in [0, 0.05) is 11.6 Å². The number of aliphatic carboxylic acids is 1. The molecule has 0 bridgehead atoms. The molecule has 0 radical (unpaired) electrons. The number of halogens is 3. The molecule has 0 aliphatic rings. The molecule has 0 atom stereocenters. The number of benzene rings is 1. The fourth-order valence-corrected chi connectivity index (χ4v) is 1.55. The molecule has 0 fully saturated rings. The van der Waals surface area contributed by atoms with Crippen molar-refractivity contribution in [3.63, 3.8) is 0 Å². The number of carboxylic acid groups (broad SMARTS) is 1. The normalized spacial score (nSPS) is 11.2. The molecule has 0 spiro atoms. The van der Waals surface area contributed by atoms with E-state index in [2.05, 4.69) is 10.2 Å². The SMILES string of the molecule is O=C(O)Cc1ccccc1Oc1ccc(C(F)(F)F)nn1. The van der Waals surface area contributed by atoms with E-state index in [1.807, 2.05) is 0 Å². The van der Waals surface area contributed by atoms with Gasteiger partial charge in [0.2, 0.25) is 5.88 Å². The Labute approximate surface area is 117 Å². The van der Waals surface area contributed by atoms with E-state index in [1.54, 1.807) is 18.2 Å². The number of rotatable bonds is 4. The molecule has 2 rings (SSSR count). The van der Waals surface area contributed by atoms with Crippen molar-refractivity contribution in [1.29, 1.82) is 0 Å². The lowest BCUT2D eigenvalue weighted by Crippen LogP contribution is -2.09. The van der Waals surface area contributed by atoms with Gasteiger partial charge in [-0.3, -0.25) is 4.79 Å². The number of carboxylic acids is 1. The van der Waals surface area contributed by atoms with Crippen LogP contribution >= 0.6 is 0 Å². The van der Waals surface area contributed by atoms with Crippen molar-refractivity contribution < 1.29 is 27.8 Å². The number of hydrogen-bond donors (Lipinski definition) is 1. The molecule has 1 aromatic heterocycles. The Balaban J connectivity index is 2.20. The van der Waals surface area contributed by atoms with Crippen LogP contribution in [-0.2, 0) is 17.4 Å². The maximum absolute atomic E-state index is 12.3. The van der Waals surface area contributed by atoms with E-state index in [4.69, 9.17) is 9.84 Å². The molecule has 1 aromatic carbocycles. The number of alkyl halides is 3. The van der Waals surface area contributed by atoms with Gasteiger partial charge in [0.25, 0.3) is 0 Å². The quantitative estimate of drug-likeness (QED) is 0.939. The molecular weight excluding hydrogens is 289 g/mol. The monoisotopic (exact) mass is 298 g/mol. The fraction of sp³-hybridized carbons (Fsp3) is 0.154. The van der Waals surface area contributed by atoms with Crippen LogP contribution in [0.3, 0.4) is 0 Å². The van der Waals surface area contributed by atoms with Crippen LogP contribution < -0.4 is 4.74 Å². The summed E-state index contributed by atoms with van der Waals surface area (Å²) in [6.07, 6.45) is -4.85. The number of hydrogen-bond acceptors (Lipinski definition) is 4. The fourth-order valence-electron chi connectivity index (χ4n) is 1.55. The number of aromatic nitrogens is 2. The molecule has 21 heavy (non-hydrogen) atoms. The number of ether oxygens (including phenoxy) is 1. The van der Waals surface area contributed by atoms with Crippen LogP contribution in [0.15, 0.2) is 36.4 Å². The topological polar surface area (TPSA) is 72.3 Å². The second-order valence-electron chi connectivity index (χ2n) is 4.03. The minimum absolute atomic E-state index is 0.152. The second kappa shape index (κ2) is 5.78. The highest BCUT2D eigenvalue weighted by Crippen LogP contribution is 2.29. The van der Waals surface area contributed by atoms with Crippen molar-refractivity contribution in [3.05, 3.63) is 47.7 Å². The van der Waals surface area contributed by atoms with Crippen molar-refractivity contribution in [2.75, 3.05) is 0 Å². The summed E-state index contributed by atoms with van der Waals surface area (Å²) in [5.41, 5.74) is -0.750. The Morgan fingerprint density at radius 3 is 2.43 bits per heavy atom. The minimum Gasteiger partial charge on any atom is -0.481 e. The highest BCUT2D eigenvalue weighted by Gasteiger charge is 2.33. The zero-order valence-electron chi connectivity index (χ0n) is 10.5. The van der Waals surface area contributed by atoms with Crippen LogP contribution in [-0.4, -0.2) is 21.3 Å². The van der Waals surface area contributed by atoms with E-state index in [-0.39, 0.29) is 18.1 Å². The molecule has 0 saturated heterocycles. The van der Waals surface area contributed by atoms with Crippen LogP contribution in [0.1, 0.15) is 11.3 Å². The Morgan fingerprint density at radius 1 is 1.14 bits per heavy atom. The van der Waals surface area contributed by atoms with Gasteiger partial charge in [-0.2, -0.15) is 13.2 Å². The molecule has 5 nitrogen and oxygen atoms in total. The van der Waals surface area contributed by atoms with E-state index in [0.717, 1.165) is 12.1 Å². The average Bonchev–Trinajstić information content (AvgIpc) is 2.40. The molecule has 0 aliphatic heterocycles. The van der Waals surface area contributed by atoms with Gasteiger partial charge in [-0.05, 0) is 12.1 Å². The number of nitrogens with zero attached hydrogens (tertiary/aromatic N) is 2. The van der Waals surface area contributed by atoms with Crippen LogP contribution in [0.2, 0.25) is 0 Å². The molecule has 1 heterocycles. The highest BCUT2D eigenvalue weighted by molar-refractivity contribution is 5.71. The Kier molecular flexibility index (Phi) is 4.06. The first-order valence-corrected chi connectivity index (χ1v) is 5.75. The lowest BCUT2D eigenvalue weighted by atomic mass is 10.1. The lowest BCUT2D eigenvalue weighted by Gasteiger charge is -2.09. The van der Waals surface area contributed by atoms with Gasteiger partial charge < -0.3 is 9.84 Å². The molecule has 1 N–H and O–H groups in total. The van der Waals surface area contributed by atoms with Crippen molar-refractivity contribution in [1.82, 2.24) is 10.2 Å². The third-order valence-electron chi connectivity index (χ3n) is 2.46. The molecule has 0 saturated carbocycles. The Morgan fingerprint density at radius 2 is 1.86 bits per heavy atom. The van der Waals surface area contributed by atoms with Gasteiger partial charge in [0.1, 0.15) is 5.75 Å². The van der Waals surface area contributed by atoms with E-state index >= 15 is 0 Å². The smallest absolute Gasteiger partial charge is 0.435 e. The summed E-state index contributed by atoms with van der Waals surface area (Å²) in [6.45, 7) is 0. The summed E-state index contributed by atoms with van der Waals surface area (Å²) >= 11 is 0.